The van der Waals surface area contributed by atoms with Crippen LogP contribution in [0, 0.1) is 11.8 Å². The van der Waals surface area contributed by atoms with Gasteiger partial charge in [-0.2, -0.15) is 0 Å². The first-order valence-electron chi connectivity index (χ1n) is 7.69. The van der Waals surface area contributed by atoms with E-state index in [0.717, 1.165) is 25.0 Å². The van der Waals surface area contributed by atoms with Crippen LogP contribution in [-0.4, -0.2) is 19.3 Å². The van der Waals surface area contributed by atoms with Gasteiger partial charge in [0.15, 0.2) is 0 Å². The average molecular weight is 239 g/mol. The highest BCUT2D eigenvalue weighted by Crippen LogP contribution is 2.26. The molecule has 2 heteroatoms. The SMILES string of the molecule is NC(COCC1CCCCC1)C1CCCCC1. The fraction of sp³-hybridized carbons (Fsp3) is 1.00. The van der Waals surface area contributed by atoms with Crippen LogP contribution in [0.4, 0.5) is 0 Å². The van der Waals surface area contributed by atoms with Crippen molar-refractivity contribution in [3.63, 3.8) is 0 Å². The van der Waals surface area contributed by atoms with Crippen molar-refractivity contribution in [3.8, 4) is 0 Å². The molecule has 1 unspecified atom stereocenters. The topological polar surface area (TPSA) is 35.2 Å². The van der Waals surface area contributed by atoms with Crippen molar-refractivity contribution in [1.82, 2.24) is 0 Å². The van der Waals surface area contributed by atoms with Crippen LogP contribution in [0.1, 0.15) is 64.2 Å². The second kappa shape index (κ2) is 7.38. The van der Waals surface area contributed by atoms with Crippen molar-refractivity contribution in [2.75, 3.05) is 13.2 Å². The van der Waals surface area contributed by atoms with Crippen LogP contribution in [0.5, 0.6) is 0 Å². The predicted octanol–water partition coefficient (Wildman–Crippen LogP) is 3.49. The van der Waals surface area contributed by atoms with Crippen molar-refractivity contribution < 1.29 is 4.74 Å². The van der Waals surface area contributed by atoms with Gasteiger partial charge < -0.3 is 10.5 Å². The van der Waals surface area contributed by atoms with Crippen LogP contribution in [0.15, 0.2) is 0 Å². The van der Waals surface area contributed by atoms with E-state index in [9.17, 15) is 0 Å². The molecule has 100 valence electrons. The lowest BCUT2D eigenvalue weighted by atomic mass is 9.84. The van der Waals surface area contributed by atoms with E-state index in [1.807, 2.05) is 0 Å². The summed E-state index contributed by atoms with van der Waals surface area (Å²) in [6, 6.07) is 0.291. The second-order valence-electron chi connectivity index (χ2n) is 6.10. The first-order chi connectivity index (χ1) is 8.36. The lowest BCUT2D eigenvalue weighted by Crippen LogP contribution is -2.36. The van der Waals surface area contributed by atoms with Gasteiger partial charge >= 0.3 is 0 Å². The van der Waals surface area contributed by atoms with Gasteiger partial charge in [-0.3, -0.25) is 0 Å². The van der Waals surface area contributed by atoms with Gasteiger partial charge in [0.1, 0.15) is 0 Å². The number of ether oxygens (including phenoxy) is 1. The molecule has 0 saturated heterocycles. The molecule has 0 heterocycles. The maximum atomic E-state index is 6.24. The van der Waals surface area contributed by atoms with Gasteiger partial charge in [-0.05, 0) is 37.5 Å². The Balaban J connectivity index is 1.57. The molecule has 1 atom stereocenters. The second-order valence-corrected chi connectivity index (χ2v) is 6.10. The molecule has 2 saturated carbocycles. The van der Waals surface area contributed by atoms with Crippen LogP contribution in [0.25, 0.3) is 0 Å². The van der Waals surface area contributed by atoms with E-state index in [0.29, 0.717) is 6.04 Å². The molecule has 2 aliphatic rings. The largest absolute Gasteiger partial charge is 0.380 e. The summed E-state index contributed by atoms with van der Waals surface area (Å²) in [6.45, 7) is 1.75. The van der Waals surface area contributed by atoms with Gasteiger partial charge in [-0.25, -0.2) is 0 Å². The molecule has 0 amide bonds. The summed E-state index contributed by atoms with van der Waals surface area (Å²) in [5.41, 5.74) is 6.24. The maximum Gasteiger partial charge on any atom is 0.0620 e. The molecule has 2 rings (SSSR count). The molecule has 0 bridgehead atoms. The van der Waals surface area contributed by atoms with E-state index in [2.05, 4.69) is 0 Å². The van der Waals surface area contributed by atoms with Crippen LogP contribution in [0.2, 0.25) is 0 Å². The highest BCUT2D eigenvalue weighted by Gasteiger charge is 2.21. The molecule has 0 aliphatic heterocycles. The Labute approximate surface area is 106 Å². The van der Waals surface area contributed by atoms with Crippen LogP contribution in [-0.2, 0) is 4.74 Å². The zero-order valence-corrected chi connectivity index (χ0v) is 11.2. The van der Waals surface area contributed by atoms with Gasteiger partial charge in [0.2, 0.25) is 0 Å². The number of nitrogens with two attached hydrogens (primary N) is 1. The molecular formula is C15H29NO. The van der Waals surface area contributed by atoms with Crippen molar-refractivity contribution >= 4 is 0 Å². The smallest absolute Gasteiger partial charge is 0.0620 e. The summed E-state index contributed by atoms with van der Waals surface area (Å²) in [5, 5.41) is 0. The molecule has 0 radical (unpaired) electrons. The van der Waals surface area contributed by atoms with Crippen molar-refractivity contribution in [1.29, 1.82) is 0 Å². The zero-order chi connectivity index (χ0) is 11.9. The molecule has 2 nitrogen and oxygen atoms in total. The highest BCUT2D eigenvalue weighted by atomic mass is 16.5. The van der Waals surface area contributed by atoms with E-state index in [1.54, 1.807) is 0 Å². The van der Waals surface area contributed by atoms with Gasteiger partial charge in [0.25, 0.3) is 0 Å². The zero-order valence-electron chi connectivity index (χ0n) is 11.2. The van der Waals surface area contributed by atoms with Gasteiger partial charge in [-0.1, -0.05) is 38.5 Å². The first kappa shape index (κ1) is 13.4. The van der Waals surface area contributed by atoms with Crippen molar-refractivity contribution in [2.45, 2.75) is 70.3 Å². The molecule has 0 aromatic carbocycles. The first-order valence-corrected chi connectivity index (χ1v) is 7.69. The van der Waals surface area contributed by atoms with E-state index in [-0.39, 0.29) is 0 Å². The third-order valence-corrected chi connectivity index (χ3v) is 4.64. The Bertz CT molecular complexity index is 195. The van der Waals surface area contributed by atoms with Gasteiger partial charge in [-0.15, -0.1) is 0 Å². The Morgan fingerprint density at radius 3 is 2.12 bits per heavy atom. The number of hydrogen-bond donors (Lipinski definition) is 1. The number of rotatable bonds is 5. The molecule has 2 N–H and O–H groups in total. The summed E-state index contributed by atoms with van der Waals surface area (Å²) in [5.74, 6) is 1.55. The maximum absolute atomic E-state index is 6.24. The minimum Gasteiger partial charge on any atom is -0.380 e. The number of hydrogen-bond acceptors (Lipinski definition) is 2. The van der Waals surface area contributed by atoms with E-state index in [4.69, 9.17) is 10.5 Å². The van der Waals surface area contributed by atoms with Crippen molar-refractivity contribution in [2.24, 2.45) is 17.6 Å². The van der Waals surface area contributed by atoms with Gasteiger partial charge in [0, 0.05) is 12.6 Å². The quantitative estimate of drug-likeness (QED) is 0.797. The fourth-order valence-corrected chi connectivity index (χ4v) is 3.42. The monoisotopic (exact) mass is 239 g/mol. The lowest BCUT2D eigenvalue weighted by molar-refractivity contribution is 0.0612. The molecule has 0 spiro atoms. The summed E-state index contributed by atoms with van der Waals surface area (Å²) in [4.78, 5) is 0. The molecule has 0 aromatic rings. The third-order valence-electron chi connectivity index (χ3n) is 4.64. The Hall–Kier alpha value is -0.0800. The van der Waals surface area contributed by atoms with Crippen molar-refractivity contribution in [3.05, 3.63) is 0 Å². The van der Waals surface area contributed by atoms with Crippen LogP contribution >= 0.6 is 0 Å². The summed E-state index contributed by atoms with van der Waals surface area (Å²) in [7, 11) is 0. The average Bonchev–Trinajstić information content (AvgIpc) is 2.41. The normalized spacial score (nSPS) is 25.9. The van der Waals surface area contributed by atoms with E-state index < -0.39 is 0 Å². The molecule has 17 heavy (non-hydrogen) atoms. The Morgan fingerprint density at radius 1 is 0.882 bits per heavy atom. The summed E-state index contributed by atoms with van der Waals surface area (Å²) < 4.78 is 5.86. The summed E-state index contributed by atoms with van der Waals surface area (Å²) >= 11 is 0. The molecule has 2 fully saturated rings. The predicted molar refractivity (Wildman–Crippen MR) is 71.9 cm³/mol. The highest BCUT2D eigenvalue weighted by molar-refractivity contribution is 4.76. The lowest BCUT2D eigenvalue weighted by Gasteiger charge is -2.28. The Morgan fingerprint density at radius 2 is 1.47 bits per heavy atom. The third kappa shape index (κ3) is 4.59. The van der Waals surface area contributed by atoms with Gasteiger partial charge in [0.05, 0.1) is 6.61 Å². The van der Waals surface area contributed by atoms with Crippen LogP contribution < -0.4 is 5.73 Å². The molecule has 2 aliphatic carbocycles. The van der Waals surface area contributed by atoms with Crippen LogP contribution in [0.3, 0.4) is 0 Å². The molecular weight excluding hydrogens is 210 g/mol. The minimum atomic E-state index is 0.291. The summed E-state index contributed by atoms with van der Waals surface area (Å²) in [6.07, 6.45) is 13.8. The minimum absolute atomic E-state index is 0.291. The standard InChI is InChI=1S/C15H29NO/c16-15(14-9-5-2-6-10-14)12-17-11-13-7-3-1-4-8-13/h13-15H,1-12,16H2. The Kier molecular flexibility index (Phi) is 5.79. The molecule has 0 aromatic heterocycles. The van der Waals surface area contributed by atoms with E-state index in [1.165, 1.54) is 64.2 Å². The van der Waals surface area contributed by atoms with E-state index >= 15 is 0 Å². The fourth-order valence-electron chi connectivity index (χ4n) is 3.42.